The van der Waals surface area contributed by atoms with Crippen molar-refractivity contribution >= 4 is 5.69 Å². The Morgan fingerprint density at radius 3 is 2.10 bits per heavy atom. The summed E-state index contributed by atoms with van der Waals surface area (Å²) in [5, 5.41) is 31.0. The van der Waals surface area contributed by atoms with Crippen LogP contribution in [0.5, 0.6) is 5.75 Å². The highest BCUT2D eigenvalue weighted by Gasteiger charge is 2.14. The molecule has 0 atom stereocenters. The standard InChI is InChI=1S/C23H20N4O2.C2H6/c1-16-23(29-15-19-4-2-17(10-24)3-5-19)22(14-28)20(12-26-16)13-27-21-8-6-18(11-25)7-9-21;1-2/h2-9,12,27-28H,13-15H2,1H3;1-2H3. The molecular weight excluding hydrogens is 388 g/mol. The molecular formula is C25H26N4O2. The maximum absolute atomic E-state index is 9.95. The zero-order valence-electron chi connectivity index (χ0n) is 18.0. The van der Waals surface area contributed by atoms with Crippen molar-refractivity contribution in [3.8, 4) is 17.9 Å². The smallest absolute Gasteiger partial charge is 0.146 e. The zero-order chi connectivity index (χ0) is 22.6. The lowest BCUT2D eigenvalue weighted by Crippen LogP contribution is -2.09. The largest absolute Gasteiger partial charge is 0.487 e. The zero-order valence-corrected chi connectivity index (χ0v) is 18.0. The van der Waals surface area contributed by atoms with Crippen molar-refractivity contribution in [1.29, 1.82) is 10.5 Å². The molecule has 1 aromatic heterocycles. The minimum Gasteiger partial charge on any atom is -0.487 e. The third kappa shape index (κ3) is 6.30. The first-order valence-electron chi connectivity index (χ1n) is 10.1. The molecule has 2 aromatic carbocycles. The normalized spacial score (nSPS) is 9.61. The summed E-state index contributed by atoms with van der Waals surface area (Å²) in [6.45, 7) is 6.44. The molecule has 0 unspecified atom stereocenters. The van der Waals surface area contributed by atoms with Gasteiger partial charge in [0.1, 0.15) is 12.4 Å². The monoisotopic (exact) mass is 414 g/mol. The van der Waals surface area contributed by atoms with E-state index in [1.807, 2.05) is 45.0 Å². The second kappa shape index (κ2) is 12.0. The number of nitriles is 2. The molecule has 0 fully saturated rings. The Hall–Kier alpha value is -3.87. The Kier molecular flexibility index (Phi) is 9.04. The molecule has 0 spiro atoms. The van der Waals surface area contributed by atoms with Crippen molar-refractivity contribution in [1.82, 2.24) is 4.98 Å². The van der Waals surface area contributed by atoms with Gasteiger partial charge in [0, 0.05) is 24.0 Å². The van der Waals surface area contributed by atoms with E-state index >= 15 is 0 Å². The van der Waals surface area contributed by atoms with Crippen LogP contribution in [0, 0.1) is 29.6 Å². The lowest BCUT2D eigenvalue weighted by atomic mass is 10.1. The van der Waals surface area contributed by atoms with Crippen LogP contribution in [0.3, 0.4) is 0 Å². The molecule has 158 valence electrons. The first-order chi connectivity index (χ1) is 15.1. The first-order valence-corrected chi connectivity index (χ1v) is 10.1. The van der Waals surface area contributed by atoms with E-state index in [2.05, 4.69) is 22.4 Å². The second-order valence-electron chi connectivity index (χ2n) is 6.47. The van der Waals surface area contributed by atoms with Crippen LogP contribution >= 0.6 is 0 Å². The fraction of sp³-hybridized carbons (Fsp3) is 0.240. The Morgan fingerprint density at radius 1 is 0.968 bits per heavy atom. The number of aromatic nitrogens is 1. The Labute approximate surface area is 183 Å². The highest BCUT2D eigenvalue weighted by molar-refractivity contribution is 5.49. The van der Waals surface area contributed by atoms with Gasteiger partial charge in [0.05, 0.1) is 35.6 Å². The van der Waals surface area contributed by atoms with Crippen LogP contribution in [0.25, 0.3) is 0 Å². The van der Waals surface area contributed by atoms with Crippen LogP contribution in [0.2, 0.25) is 0 Å². The molecule has 0 aliphatic carbocycles. The molecule has 0 amide bonds. The van der Waals surface area contributed by atoms with Gasteiger partial charge < -0.3 is 15.2 Å². The number of nitrogens with one attached hydrogen (secondary N) is 1. The third-order valence-corrected chi connectivity index (χ3v) is 4.53. The number of anilines is 1. The van der Waals surface area contributed by atoms with E-state index in [0.717, 1.165) is 16.8 Å². The summed E-state index contributed by atoms with van der Waals surface area (Å²) < 4.78 is 5.97. The Bertz CT molecular complexity index is 1060. The second-order valence-corrected chi connectivity index (χ2v) is 6.47. The molecule has 0 saturated carbocycles. The van der Waals surface area contributed by atoms with E-state index in [9.17, 15) is 5.11 Å². The van der Waals surface area contributed by atoms with E-state index in [1.165, 1.54) is 0 Å². The number of benzene rings is 2. The number of ether oxygens (including phenoxy) is 1. The van der Waals surface area contributed by atoms with Gasteiger partial charge in [-0.05, 0) is 54.4 Å². The average Bonchev–Trinajstić information content (AvgIpc) is 2.84. The highest BCUT2D eigenvalue weighted by atomic mass is 16.5. The van der Waals surface area contributed by atoms with Gasteiger partial charge in [-0.3, -0.25) is 4.98 Å². The first kappa shape index (κ1) is 23.4. The number of aliphatic hydroxyl groups is 1. The van der Waals surface area contributed by atoms with Crippen LogP contribution in [0.15, 0.2) is 54.7 Å². The number of rotatable bonds is 7. The van der Waals surface area contributed by atoms with Crippen molar-refractivity contribution in [2.45, 2.75) is 40.5 Å². The molecule has 6 heteroatoms. The molecule has 0 bridgehead atoms. The molecule has 0 aliphatic heterocycles. The van der Waals surface area contributed by atoms with E-state index in [4.69, 9.17) is 15.3 Å². The number of hydrogen-bond donors (Lipinski definition) is 2. The summed E-state index contributed by atoms with van der Waals surface area (Å²) in [7, 11) is 0. The topological polar surface area (TPSA) is 102 Å². The van der Waals surface area contributed by atoms with Gasteiger partial charge in [-0.2, -0.15) is 10.5 Å². The van der Waals surface area contributed by atoms with Gasteiger partial charge in [-0.25, -0.2) is 0 Å². The summed E-state index contributed by atoms with van der Waals surface area (Å²) in [5.74, 6) is 0.566. The fourth-order valence-corrected chi connectivity index (χ4v) is 2.88. The fourth-order valence-electron chi connectivity index (χ4n) is 2.88. The van der Waals surface area contributed by atoms with Crippen molar-refractivity contribution in [3.05, 3.63) is 88.2 Å². The van der Waals surface area contributed by atoms with Crippen molar-refractivity contribution in [2.75, 3.05) is 5.32 Å². The summed E-state index contributed by atoms with van der Waals surface area (Å²) in [5.41, 5.74) is 5.21. The molecule has 6 nitrogen and oxygen atoms in total. The summed E-state index contributed by atoms with van der Waals surface area (Å²) >= 11 is 0. The van der Waals surface area contributed by atoms with Crippen LogP contribution in [0.4, 0.5) is 5.69 Å². The molecule has 0 radical (unpaired) electrons. The molecule has 2 N–H and O–H groups in total. The van der Waals surface area contributed by atoms with Crippen LogP contribution in [-0.4, -0.2) is 10.1 Å². The van der Waals surface area contributed by atoms with Gasteiger partial charge in [0.2, 0.25) is 0 Å². The number of hydrogen-bond acceptors (Lipinski definition) is 6. The van der Waals surface area contributed by atoms with Gasteiger partial charge in [0.25, 0.3) is 0 Å². The number of aryl methyl sites for hydroxylation is 1. The van der Waals surface area contributed by atoms with Crippen LogP contribution < -0.4 is 10.1 Å². The maximum Gasteiger partial charge on any atom is 0.146 e. The summed E-state index contributed by atoms with van der Waals surface area (Å²) in [6.07, 6.45) is 1.73. The quantitative estimate of drug-likeness (QED) is 0.573. The SMILES string of the molecule is CC.Cc1ncc(CNc2ccc(C#N)cc2)c(CO)c1OCc1ccc(C#N)cc1. The van der Waals surface area contributed by atoms with Gasteiger partial charge >= 0.3 is 0 Å². The van der Waals surface area contributed by atoms with Crippen molar-refractivity contribution in [2.24, 2.45) is 0 Å². The number of pyridine rings is 1. The molecule has 0 aliphatic rings. The molecule has 0 saturated heterocycles. The third-order valence-electron chi connectivity index (χ3n) is 4.53. The Morgan fingerprint density at radius 2 is 1.55 bits per heavy atom. The average molecular weight is 415 g/mol. The lowest BCUT2D eigenvalue weighted by molar-refractivity contribution is 0.256. The predicted octanol–water partition coefficient (Wildman–Crippen LogP) is 4.84. The van der Waals surface area contributed by atoms with Gasteiger partial charge in [0.15, 0.2) is 0 Å². The minimum atomic E-state index is -0.170. The van der Waals surface area contributed by atoms with Crippen molar-refractivity contribution < 1.29 is 9.84 Å². The molecule has 3 rings (SSSR count). The maximum atomic E-state index is 9.95. The number of nitrogens with zero attached hydrogens (tertiary/aromatic N) is 3. The molecule has 3 aromatic rings. The summed E-state index contributed by atoms with van der Waals surface area (Å²) in [4.78, 5) is 4.40. The van der Waals surface area contributed by atoms with Crippen LogP contribution in [0.1, 0.15) is 47.4 Å². The highest BCUT2D eigenvalue weighted by Crippen LogP contribution is 2.27. The molecule has 31 heavy (non-hydrogen) atoms. The molecule has 1 heterocycles. The van der Waals surface area contributed by atoms with Crippen LogP contribution in [-0.2, 0) is 19.8 Å². The number of aliphatic hydroxyl groups excluding tert-OH is 1. The van der Waals surface area contributed by atoms with E-state index < -0.39 is 0 Å². The Balaban J connectivity index is 0.00000166. The van der Waals surface area contributed by atoms with Gasteiger partial charge in [-0.15, -0.1) is 0 Å². The minimum absolute atomic E-state index is 0.170. The van der Waals surface area contributed by atoms with Gasteiger partial charge in [-0.1, -0.05) is 26.0 Å². The lowest BCUT2D eigenvalue weighted by Gasteiger charge is -2.17. The van der Waals surface area contributed by atoms with Crippen molar-refractivity contribution in [3.63, 3.8) is 0 Å². The van der Waals surface area contributed by atoms with E-state index in [-0.39, 0.29) is 6.61 Å². The van der Waals surface area contributed by atoms with E-state index in [0.29, 0.717) is 41.3 Å². The predicted molar refractivity (Wildman–Crippen MR) is 120 cm³/mol. The summed E-state index contributed by atoms with van der Waals surface area (Å²) in [6, 6.07) is 18.5. The van der Waals surface area contributed by atoms with E-state index in [1.54, 1.807) is 30.5 Å².